The van der Waals surface area contributed by atoms with Gasteiger partial charge < -0.3 is 0 Å². The van der Waals surface area contributed by atoms with Crippen LogP contribution in [0.25, 0.3) is 0 Å². The monoisotopic (exact) mass is 208 g/mol. The molecule has 0 spiro atoms. The van der Waals surface area contributed by atoms with Crippen molar-refractivity contribution < 1.29 is 18.0 Å². The molecular formula is C6H7F3N4O. The second-order valence-corrected chi connectivity index (χ2v) is 2.52. The molecule has 0 bridgehead atoms. The number of carbonyl (C=O) groups excluding carboxylic acids is 1. The molecule has 1 aromatic heterocycles. The zero-order valence-electron chi connectivity index (χ0n) is 6.88. The molecule has 0 atom stereocenters. The first-order valence-electron chi connectivity index (χ1n) is 3.52. The first-order valence-corrected chi connectivity index (χ1v) is 3.52. The number of nitrogens with one attached hydrogen (secondary N) is 1. The molecule has 1 rings (SSSR count). The molecule has 0 aliphatic heterocycles. The first kappa shape index (κ1) is 10.5. The van der Waals surface area contributed by atoms with E-state index in [1.54, 1.807) is 5.43 Å². The van der Waals surface area contributed by atoms with Crippen LogP contribution >= 0.6 is 0 Å². The average molecular weight is 208 g/mol. The summed E-state index contributed by atoms with van der Waals surface area (Å²) in [7, 11) is 0. The number of amides is 1. The van der Waals surface area contributed by atoms with Gasteiger partial charge >= 0.3 is 6.18 Å². The van der Waals surface area contributed by atoms with Gasteiger partial charge in [-0.2, -0.15) is 18.3 Å². The molecule has 78 valence electrons. The Morgan fingerprint density at radius 3 is 2.79 bits per heavy atom. The van der Waals surface area contributed by atoms with Crippen LogP contribution in [0.15, 0.2) is 12.4 Å². The molecule has 1 aromatic rings. The molecule has 1 amide bonds. The summed E-state index contributed by atoms with van der Waals surface area (Å²) in [6.45, 7) is -1.23. The molecule has 0 unspecified atom stereocenters. The van der Waals surface area contributed by atoms with E-state index >= 15 is 0 Å². The van der Waals surface area contributed by atoms with Crippen molar-refractivity contribution in [1.82, 2.24) is 15.2 Å². The molecule has 8 heteroatoms. The maximum atomic E-state index is 11.8. The number of nitrogen functional groups attached to an aromatic ring is 1. The number of rotatable bonds is 2. The summed E-state index contributed by atoms with van der Waals surface area (Å²) >= 11 is 0. The number of hydrogen-bond acceptors (Lipinski definition) is 3. The van der Waals surface area contributed by atoms with Crippen LogP contribution in [0.1, 0.15) is 10.4 Å². The van der Waals surface area contributed by atoms with E-state index in [-0.39, 0.29) is 5.56 Å². The Hall–Kier alpha value is -1.57. The van der Waals surface area contributed by atoms with Gasteiger partial charge in [0.25, 0.3) is 5.91 Å². The molecule has 0 saturated heterocycles. The van der Waals surface area contributed by atoms with E-state index in [1.807, 2.05) is 0 Å². The maximum Gasteiger partial charge on any atom is 0.408 e. The molecule has 0 aromatic carbocycles. The zero-order chi connectivity index (χ0) is 10.8. The van der Waals surface area contributed by atoms with Gasteiger partial charge in [0, 0.05) is 6.20 Å². The lowest BCUT2D eigenvalue weighted by molar-refractivity contribution is -0.142. The van der Waals surface area contributed by atoms with Crippen LogP contribution in [-0.4, -0.2) is 21.9 Å². The molecular weight excluding hydrogens is 201 g/mol. The van der Waals surface area contributed by atoms with E-state index in [0.717, 1.165) is 12.4 Å². The third kappa shape index (κ3) is 2.73. The third-order valence-corrected chi connectivity index (χ3v) is 1.37. The lowest BCUT2D eigenvalue weighted by atomic mass is 10.3. The van der Waals surface area contributed by atoms with Gasteiger partial charge in [-0.15, -0.1) is 0 Å². The molecule has 0 aliphatic rings. The average Bonchev–Trinajstić information content (AvgIpc) is 2.48. The van der Waals surface area contributed by atoms with Crippen molar-refractivity contribution in [1.29, 1.82) is 0 Å². The van der Waals surface area contributed by atoms with Crippen LogP contribution < -0.4 is 11.3 Å². The minimum Gasteiger partial charge on any atom is -0.290 e. The molecule has 5 nitrogen and oxygen atoms in total. The van der Waals surface area contributed by atoms with Crippen molar-refractivity contribution >= 4 is 5.91 Å². The summed E-state index contributed by atoms with van der Waals surface area (Å²) < 4.78 is 36.2. The van der Waals surface area contributed by atoms with Crippen LogP contribution in [0.4, 0.5) is 13.2 Å². The van der Waals surface area contributed by atoms with Gasteiger partial charge in [0.2, 0.25) is 0 Å². The summed E-state index contributed by atoms with van der Waals surface area (Å²) in [6, 6.07) is 0. The second kappa shape index (κ2) is 3.66. The summed E-state index contributed by atoms with van der Waals surface area (Å²) in [6.07, 6.45) is -2.38. The van der Waals surface area contributed by atoms with Crippen molar-refractivity contribution in [2.45, 2.75) is 12.7 Å². The third-order valence-electron chi connectivity index (χ3n) is 1.37. The summed E-state index contributed by atoms with van der Waals surface area (Å²) in [5.41, 5.74) is 1.77. The van der Waals surface area contributed by atoms with Gasteiger partial charge in [0.1, 0.15) is 6.54 Å². The fourth-order valence-corrected chi connectivity index (χ4v) is 0.834. The Kier molecular flexibility index (Phi) is 2.75. The Balaban J connectivity index is 2.74. The lowest BCUT2D eigenvalue weighted by Crippen LogP contribution is -2.29. The van der Waals surface area contributed by atoms with Crippen LogP contribution in [0.5, 0.6) is 0 Å². The number of hydrazine groups is 1. The highest BCUT2D eigenvalue weighted by Gasteiger charge is 2.28. The van der Waals surface area contributed by atoms with Crippen LogP contribution in [-0.2, 0) is 6.54 Å². The van der Waals surface area contributed by atoms with Crippen LogP contribution in [0, 0.1) is 0 Å². The molecule has 1 heterocycles. The van der Waals surface area contributed by atoms with E-state index in [0.29, 0.717) is 4.68 Å². The Morgan fingerprint density at radius 2 is 2.29 bits per heavy atom. The highest BCUT2D eigenvalue weighted by molar-refractivity contribution is 5.93. The van der Waals surface area contributed by atoms with Gasteiger partial charge in [-0.3, -0.25) is 14.9 Å². The van der Waals surface area contributed by atoms with Crippen molar-refractivity contribution in [3.05, 3.63) is 18.0 Å². The highest BCUT2D eigenvalue weighted by atomic mass is 19.4. The number of hydrogen-bond donors (Lipinski definition) is 2. The van der Waals surface area contributed by atoms with Crippen LogP contribution in [0.3, 0.4) is 0 Å². The molecule has 14 heavy (non-hydrogen) atoms. The Labute approximate surface area is 76.7 Å². The number of nitrogens with two attached hydrogens (primary N) is 1. The molecule has 0 saturated carbocycles. The van der Waals surface area contributed by atoms with E-state index in [4.69, 9.17) is 5.84 Å². The van der Waals surface area contributed by atoms with E-state index in [1.165, 1.54) is 0 Å². The Morgan fingerprint density at radius 1 is 1.64 bits per heavy atom. The number of carbonyl (C=O) groups is 1. The number of nitrogens with zero attached hydrogens (tertiary/aromatic N) is 2. The predicted molar refractivity (Wildman–Crippen MR) is 39.9 cm³/mol. The lowest BCUT2D eigenvalue weighted by Gasteiger charge is -2.04. The normalized spacial score (nSPS) is 11.4. The maximum absolute atomic E-state index is 11.8. The van der Waals surface area contributed by atoms with Crippen molar-refractivity contribution in [3.8, 4) is 0 Å². The van der Waals surface area contributed by atoms with Crippen molar-refractivity contribution in [3.63, 3.8) is 0 Å². The van der Waals surface area contributed by atoms with Crippen molar-refractivity contribution in [2.24, 2.45) is 5.84 Å². The SMILES string of the molecule is NNC(=O)c1cnn(CC(F)(F)F)c1. The number of aromatic nitrogens is 2. The predicted octanol–water partition coefficient (Wildman–Crippen LogP) is 0.0489. The fourth-order valence-electron chi connectivity index (χ4n) is 0.834. The first-order chi connectivity index (χ1) is 6.42. The van der Waals surface area contributed by atoms with Gasteiger partial charge in [0.05, 0.1) is 11.8 Å². The standard InChI is InChI=1S/C6H7F3N4O/c7-6(8,9)3-13-2-4(1-11-13)5(14)12-10/h1-2H,3,10H2,(H,12,14). The van der Waals surface area contributed by atoms with E-state index < -0.39 is 18.6 Å². The molecule has 0 fully saturated rings. The minimum atomic E-state index is -4.36. The molecule has 0 aliphatic carbocycles. The van der Waals surface area contributed by atoms with Gasteiger partial charge in [-0.25, -0.2) is 5.84 Å². The van der Waals surface area contributed by atoms with Crippen LogP contribution in [0.2, 0.25) is 0 Å². The minimum absolute atomic E-state index is 0.0169. The quantitative estimate of drug-likeness (QED) is 0.409. The van der Waals surface area contributed by atoms with Gasteiger partial charge in [0.15, 0.2) is 0 Å². The fraction of sp³-hybridized carbons (Fsp3) is 0.333. The van der Waals surface area contributed by atoms with Gasteiger partial charge in [-0.05, 0) is 0 Å². The smallest absolute Gasteiger partial charge is 0.290 e. The number of alkyl halides is 3. The van der Waals surface area contributed by atoms with E-state index in [9.17, 15) is 18.0 Å². The number of halogens is 3. The second-order valence-electron chi connectivity index (χ2n) is 2.52. The molecule has 3 N–H and O–H groups in total. The Bertz CT molecular complexity index is 332. The van der Waals surface area contributed by atoms with E-state index in [2.05, 4.69) is 5.10 Å². The van der Waals surface area contributed by atoms with Crippen molar-refractivity contribution in [2.75, 3.05) is 0 Å². The topological polar surface area (TPSA) is 72.9 Å². The highest BCUT2D eigenvalue weighted by Crippen LogP contribution is 2.16. The summed E-state index contributed by atoms with van der Waals surface area (Å²) in [4.78, 5) is 10.8. The van der Waals surface area contributed by atoms with Gasteiger partial charge in [-0.1, -0.05) is 0 Å². The largest absolute Gasteiger partial charge is 0.408 e. The summed E-state index contributed by atoms with van der Waals surface area (Å²) in [5.74, 6) is 4.10. The summed E-state index contributed by atoms with van der Waals surface area (Å²) in [5, 5.41) is 3.35. The molecule has 0 radical (unpaired) electrons. The zero-order valence-corrected chi connectivity index (χ0v) is 6.88.